The van der Waals surface area contributed by atoms with E-state index in [0.29, 0.717) is 12.1 Å². The second kappa shape index (κ2) is 9.34. The van der Waals surface area contributed by atoms with Crippen LogP contribution in [0.4, 0.5) is 8.78 Å². The minimum Gasteiger partial charge on any atom is -0.352 e. The molecule has 5 nitrogen and oxygen atoms in total. The van der Waals surface area contributed by atoms with Crippen molar-refractivity contribution in [2.45, 2.75) is 12.6 Å². The van der Waals surface area contributed by atoms with E-state index in [2.05, 4.69) is 16.1 Å². The van der Waals surface area contributed by atoms with Crippen molar-refractivity contribution in [2.75, 3.05) is 13.1 Å². The molecule has 1 aliphatic heterocycles. The molecule has 3 aromatic carbocycles. The first kappa shape index (κ1) is 21.1. The molecule has 1 heterocycles. The molecule has 31 heavy (non-hydrogen) atoms. The second-order valence-corrected chi connectivity index (χ2v) is 7.75. The molecule has 5 N–H and O–H groups in total. The van der Waals surface area contributed by atoms with Gasteiger partial charge in [0.1, 0.15) is 11.6 Å². The average molecular weight is 422 g/mol. The quantitative estimate of drug-likeness (QED) is 0.363. The molecule has 0 spiro atoms. The Morgan fingerprint density at radius 1 is 0.903 bits per heavy atom. The monoisotopic (exact) mass is 422 g/mol. The molecule has 0 aliphatic carbocycles. The lowest BCUT2D eigenvalue weighted by Crippen LogP contribution is -2.41. The number of halogens is 2. The zero-order valence-electron chi connectivity index (χ0n) is 16.9. The Labute approximate surface area is 179 Å². The fourth-order valence-corrected chi connectivity index (χ4v) is 3.81. The van der Waals surface area contributed by atoms with Crippen LogP contribution in [0.2, 0.25) is 0 Å². The van der Waals surface area contributed by atoms with Gasteiger partial charge in [-0.2, -0.15) is 0 Å². The highest BCUT2D eigenvalue weighted by molar-refractivity contribution is 5.97. The van der Waals surface area contributed by atoms with Crippen molar-refractivity contribution in [1.29, 1.82) is 0 Å². The lowest BCUT2D eigenvalue weighted by Gasteiger charge is -2.13. The number of benzene rings is 3. The summed E-state index contributed by atoms with van der Waals surface area (Å²) in [4.78, 5) is 12.9. The highest BCUT2D eigenvalue weighted by Crippen LogP contribution is 2.29. The summed E-state index contributed by atoms with van der Waals surface area (Å²) in [7, 11) is 0. The number of nitrogens with one attached hydrogen (secondary N) is 3. The number of amides is 1. The van der Waals surface area contributed by atoms with Crippen molar-refractivity contribution in [3.05, 3.63) is 83.9 Å². The number of hydrogen-bond acceptors (Lipinski definition) is 4. The fourth-order valence-electron chi connectivity index (χ4n) is 3.81. The van der Waals surface area contributed by atoms with Gasteiger partial charge in [0.15, 0.2) is 0 Å². The lowest BCUT2D eigenvalue weighted by molar-refractivity contribution is 0.0948. The average Bonchev–Trinajstić information content (AvgIpc) is 3.26. The van der Waals surface area contributed by atoms with E-state index in [1.165, 1.54) is 24.3 Å². The minimum atomic E-state index is -0.327. The van der Waals surface area contributed by atoms with E-state index in [-0.39, 0.29) is 29.6 Å². The molecular formula is C24H24F2N4O. The Hall–Kier alpha value is -3.13. The van der Waals surface area contributed by atoms with E-state index in [4.69, 9.17) is 5.84 Å². The largest absolute Gasteiger partial charge is 0.352 e. The molecule has 160 valence electrons. The summed E-state index contributed by atoms with van der Waals surface area (Å²) in [6, 6.07) is 17.7. The van der Waals surface area contributed by atoms with E-state index in [9.17, 15) is 13.6 Å². The molecule has 4 rings (SSSR count). The smallest absolute Gasteiger partial charge is 0.251 e. The maximum Gasteiger partial charge on any atom is 0.251 e. The molecule has 0 unspecified atom stereocenters. The number of carbonyl (C=O) groups excluding carboxylic acids is 1. The first-order chi connectivity index (χ1) is 15.0. The maximum absolute atomic E-state index is 13.4. The van der Waals surface area contributed by atoms with E-state index in [0.717, 1.165) is 35.2 Å². The van der Waals surface area contributed by atoms with Gasteiger partial charge in [-0.1, -0.05) is 24.3 Å². The molecule has 1 aliphatic rings. The van der Waals surface area contributed by atoms with E-state index >= 15 is 0 Å². The Morgan fingerprint density at radius 3 is 1.94 bits per heavy atom. The first-order valence-corrected chi connectivity index (χ1v) is 10.2. The molecule has 0 bridgehead atoms. The molecular weight excluding hydrogens is 398 g/mol. The summed E-state index contributed by atoms with van der Waals surface area (Å²) >= 11 is 0. The molecule has 0 radical (unpaired) electrons. The lowest BCUT2D eigenvalue weighted by atomic mass is 9.95. The van der Waals surface area contributed by atoms with Gasteiger partial charge in [0.25, 0.3) is 5.91 Å². The van der Waals surface area contributed by atoms with Crippen molar-refractivity contribution in [1.82, 2.24) is 16.1 Å². The van der Waals surface area contributed by atoms with Crippen LogP contribution < -0.4 is 21.9 Å². The number of nitrogens with two attached hydrogens (primary N) is 1. The van der Waals surface area contributed by atoms with Gasteiger partial charge < -0.3 is 10.6 Å². The SMILES string of the molecule is NN[C@@H]1C[C@@H](CNC(=O)c2cc(-c3ccc(F)cc3)cc(-c3ccc(F)cc3)c2)CN1. The van der Waals surface area contributed by atoms with Gasteiger partial charge in [-0.15, -0.1) is 0 Å². The van der Waals surface area contributed by atoms with Gasteiger partial charge in [-0.05, 0) is 77.1 Å². The van der Waals surface area contributed by atoms with Crippen LogP contribution in [0.15, 0.2) is 66.7 Å². The van der Waals surface area contributed by atoms with Crippen molar-refractivity contribution in [3.63, 3.8) is 0 Å². The minimum absolute atomic E-state index is 0.0498. The summed E-state index contributed by atoms with van der Waals surface area (Å²) in [5.41, 5.74) is 6.32. The van der Waals surface area contributed by atoms with E-state index in [1.807, 2.05) is 6.07 Å². The Kier molecular flexibility index (Phi) is 6.36. The number of carbonyl (C=O) groups is 1. The molecule has 1 amide bonds. The summed E-state index contributed by atoms with van der Waals surface area (Å²) in [6.45, 7) is 1.29. The third-order valence-electron chi connectivity index (χ3n) is 5.52. The van der Waals surface area contributed by atoms with Crippen molar-refractivity contribution < 1.29 is 13.6 Å². The van der Waals surface area contributed by atoms with Gasteiger partial charge in [0, 0.05) is 18.7 Å². The highest BCUT2D eigenvalue weighted by Gasteiger charge is 2.23. The Bertz CT molecular complexity index is 990. The molecule has 0 saturated carbocycles. The van der Waals surface area contributed by atoms with E-state index < -0.39 is 0 Å². The fraction of sp³-hybridized carbons (Fsp3) is 0.208. The first-order valence-electron chi connectivity index (χ1n) is 10.2. The maximum atomic E-state index is 13.4. The molecule has 3 aromatic rings. The highest BCUT2D eigenvalue weighted by atomic mass is 19.1. The predicted octanol–water partition coefficient (Wildman–Crippen LogP) is 3.43. The molecule has 0 aromatic heterocycles. The normalized spacial score (nSPS) is 18.2. The Morgan fingerprint density at radius 2 is 1.45 bits per heavy atom. The predicted molar refractivity (Wildman–Crippen MR) is 117 cm³/mol. The van der Waals surface area contributed by atoms with Crippen LogP contribution in [0.3, 0.4) is 0 Å². The van der Waals surface area contributed by atoms with Crippen LogP contribution in [-0.4, -0.2) is 25.2 Å². The van der Waals surface area contributed by atoms with Gasteiger partial charge in [-0.25, -0.2) is 14.2 Å². The number of rotatable bonds is 6. The van der Waals surface area contributed by atoms with Crippen LogP contribution >= 0.6 is 0 Å². The van der Waals surface area contributed by atoms with Crippen molar-refractivity contribution in [2.24, 2.45) is 11.8 Å². The molecule has 2 atom stereocenters. The van der Waals surface area contributed by atoms with Crippen LogP contribution in [0.25, 0.3) is 22.3 Å². The summed E-state index contributed by atoms with van der Waals surface area (Å²) in [6.07, 6.45) is 0.876. The number of hydrogen-bond donors (Lipinski definition) is 4. The van der Waals surface area contributed by atoms with Gasteiger partial charge in [0.05, 0.1) is 6.17 Å². The molecule has 1 saturated heterocycles. The third-order valence-corrected chi connectivity index (χ3v) is 5.52. The summed E-state index contributed by atoms with van der Waals surface area (Å²) in [5.74, 6) is 4.89. The Balaban J connectivity index is 1.61. The standard InChI is InChI=1S/C24H24F2N4O/c25-21-5-1-16(2-6-21)18-10-19(17-3-7-22(26)8-4-17)12-20(11-18)24(31)29-14-15-9-23(30-27)28-13-15/h1-8,10-12,15,23,28,30H,9,13-14,27H2,(H,29,31)/t15-,23-/m1/s1. The zero-order valence-corrected chi connectivity index (χ0v) is 16.9. The van der Waals surface area contributed by atoms with Crippen molar-refractivity contribution in [3.8, 4) is 22.3 Å². The van der Waals surface area contributed by atoms with Crippen LogP contribution in [-0.2, 0) is 0 Å². The number of hydrazine groups is 1. The summed E-state index contributed by atoms with van der Waals surface area (Å²) in [5, 5.41) is 6.24. The topological polar surface area (TPSA) is 79.2 Å². The van der Waals surface area contributed by atoms with Gasteiger partial charge in [0.2, 0.25) is 0 Å². The van der Waals surface area contributed by atoms with E-state index in [1.54, 1.807) is 36.4 Å². The molecule has 7 heteroatoms. The van der Waals surface area contributed by atoms with Crippen LogP contribution in [0, 0.1) is 17.6 Å². The third kappa shape index (κ3) is 5.14. The second-order valence-electron chi connectivity index (χ2n) is 7.75. The summed E-state index contributed by atoms with van der Waals surface area (Å²) < 4.78 is 26.8. The zero-order chi connectivity index (χ0) is 21.8. The van der Waals surface area contributed by atoms with Crippen LogP contribution in [0.5, 0.6) is 0 Å². The van der Waals surface area contributed by atoms with Crippen LogP contribution in [0.1, 0.15) is 16.8 Å². The van der Waals surface area contributed by atoms with Gasteiger partial charge in [-0.3, -0.25) is 10.6 Å². The van der Waals surface area contributed by atoms with Gasteiger partial charge >= 0.3 is 0 Å². The molecule has 1 fully saturated rings. The van der Waals surface area contributed by atoms with Crippen molar-refractivity contribution >= 4 is 5.91 Å².